The molecular weight excluding hydrogens is 194 g/mol. The molecule has 0 atom stereocenters. The molecule has 0 radical (unpaired) electrons. The summed E-state index contributed by atoms with van der Waals surface area (Å²) >= 11 is 0. The molecule has 0 aromatic carbocycles. The molecule has 4 nitrogen and oxygen atoms in total. The van der Waals surface area contributed by atoms with Gasteiger partial charge in [-0.3, -0.25) is 9.78 Å². The van der Waals surface area contributed by atoms with Crippen LogP contribution in [0.2, 0.25) is 0 Å². The lowest BCUT2D eigenvalue weighted by molar-refractivity contribution is -0.136. The van der Waals surface area contributed by atoms with E-state index in [1.165, 1.54) is 18.5 Å². The standard InChI is InChI=1S/C11H9NO3/c1-2-15-11(14)4-3-9-7-12-6-5-10(9)8-13/h5-8H,2H2,1H3. The third-order valence-electron chi connectivity index (χ3n) is 1.56. The summed E-state index contributed by atoms with van der Waals surface area (Å²) in [5.74, 6) is 4.18. The van der Waals surface area contributed by atoms with Crippen molar-refractivity contribution in [2.45, 2.75) is 6.92 Å². The van der Waals surface area contributed by atoms with Crippen molar-refractivity contribution in [2.24, 2.45) is 0 Å². The SMILES string of the molecule is CCOC(=O)C#Cc1cnccc1C=O. The number of aldehydes is 1. The summed E-state index contributed by atoms with van der Waals surface area (Å²) in [6, 6.07) is 1.53. The van der Waals surface area contributed by atoms with Gasteiger partial charge in [0.25, 0.3) is 0 Å². The van der Waals surface area contributed by atoms with E-state index in [2.05, 4.69) is 21.6 Å². The van der Waals surface area contributed by atoms with Crippen molar-refractivity contribution in [3.63, 3.8) is 0 Å². The summed E-state index contributed by atoms with van der Waals surface area (Å²) in [4.78, 5) is 25.3. The van der Waals surface area contributed by atoms with Gasteiger partial charge in [-0.15, -0.1) is 0 Å². The van der Waals surface area contributed by atoms with Gasteiger partial charge >= 0.3 is 5.97 Å². The highest BCUT2D eigenvalue weighted by molar-refractivity contribution is 5.90. The predicted octanol–water partition coefficient (Wildman–Crippen LogP) is 0.809. The lowest BCUT2D eigenvalue weighted by atomic mass is 10.1. The molecule has 1 aromatic heterocycles. The van der Waals surface area contributed by atoms with Crippen LogP contribution in [0.3, 0.4) is 0 Å². The second kappa shape index (κ2) is 5.55. The van der Waals surface area contributed by atoms with Gasteiger partial charge in [0.1, 0.15) is 0 Å². The number of rotatable bonds is 2. The normalized spacial score (nSPS) is 8.60. The molecule has 0 unspecified atom stereocenters. The minimum atomic E-state index is -0.613. The van der Waals surface area contributed by atoms with Crippen molar-refractivity contribution >= 4 is 12.3 Å². The lowest BCUT2D eigenvalue weighted by Gasteiger charge is -1.93. The van der Waals surface area contributed by atoms with Crippen molar-refractivity contribution in [1.29, 1.82) is 0 Å². The maximum absolute atomic E-state index is 10.9. The van der Waals surface area contributed by atoms with Crippen LogP contribution in [0.5, 0.6) is 0 Å². The van der Waals surface area contributed by atoms with E-state index in [1.807, 2.05) is 0 Å². The van der Waals surface area contributed by atoms with Crippen molar-refractivity contribution in [3.05, 3.63) is 29.6 Å². The molecule has 0 bridgehead atoms. The van der Waals surface area contributed by atoms with E-state index < -0.39 is 5.97 Å². The number of nitrogens with zero attached hydrogens (tertiary/aromatic N) is 1. The Labute approximate surface area is 87.3 Å². The summed E-state index contributed by atoms with van der Waals surface area (Å²) in [5.41, 5.74) is 0.822. The summed E-state index contributed by atoms with van der Waals surface area (Å²) < 4.78 is 4.62. The zero-order valence-electron chi connectivity index (χ0n) is 8.19. The maximum Gasteiger partial charge on any atom is 0.384 e. The number of carbonyl (C=O) groups is 2. The molecule has 0 saturated carbocycles. The molecule has 15 heavy (non-hydrogen) atoms. The molecule has 1 aromatic rings. The zero-order chi connectivity index (χ0) is 11.1. The number of carbonyl (C=O) groups excluding carboxylic acids is 2. The second-order valence-electron chi connectivity index (χ2n) is 2.55. The second-order valence-corrected chi connectivity index (χ2v) is 2.55. The van der Waals surface area contributed by atoms with Crippen LogP contribution >= 0.6 is 0 Å². The van der Waals surface area contributed by atoms with Crippen LogP contribution in [0.1, 0.15) is 22.8 Å². The summed E-state index contributed by atoms with van der Waals surface area (Å²) in [5, 5.41) is 0. The minimum absolute atomic E-state index is 0.279. The minimum Gasteiger partial charge on any atom is -0.456 e. The first-order valence-electron chi connectivity index (χ1n) is 4.36. The Bertz CT molecular complexity index is 429. The highest BCUT2D eigenvalue weighted by atomic mass is 16.5. The smallest absolute Gasteiger partial charge is 0.384 e. The number of hydrogen-bond acceptors (Lipinski definition) is 4. The predicted molar refractivity (Wildman–Crippen MR) is 53.1 cm³/mol. The topological polar surface area (TPSA) is 56.3 Å². The van der Waals surface area contributed by atoms with Gasteiger partial charge in [0, 0.05) is 23.9 Å². The van der Waals surface area contributed by atoms with E-state index in [9.17, 15) is 9.59 Å². The maximum atomic E-state index is 10.9. The van der Waals surface area contributed by atoms with Crippen LogP contribution in [0.4, 0.5) is 0 Å². The van der Waals surface area contributed by atoms with Gasteiger partial charge in [0.05, 0.1) is 12.2 Å². The number of aromatic nitrogens is 1. The van der Waals surface area contributed by atoms with Crippen molar-refractivity contribution in [3.8, 4) is 11.8 Å². The summed E-state index contributed by atoms with van der Waals surface area (Å²) in [6.07, 6.45) is 3.58. The van der Waals surface area contributed by atoms with Gasteiger partial charge in [-0.25, -0.2) is 4.79 Å². The largest absolute Gasteiger partial charge is 0.456 e. The van der Waals surface area contributed by atoms with Crippen molar-refractivity contribution in [1.82, 2.24) is 4.98 Å². The summed E-state index contributed by atoms with van der Waals surface area (Å²) in [7, 11) is 0. The molecule has 0 aliphatic carbocycles. The average molecular weight is 203 g/mol. The fraction of sp³-hybridized carbons (Fsp3) is 0.182. The molecule has 1 rings (SSSR count). The van der Waals surface area contributed by atoms with Gasteiger partial charge in [-0.2, -0.15) is 0 Å². The average Bonchev–Trinajstić information content (AvgIpc) is 2.27. The molecule has 4 heteroatoms. The van der Waals surface area contributed by atoms with Crippen LogP contribution in [-0.2, 0) is 9.53 Å². The number of esters is 1. The van der Waals surface area contributed by atoms with Gasteiger partial charge in [0.15, 0.2) is 6.29 Å². The number of pyridine rings is 1. The Morgan fingerprint density at radius 1 is 1.67 bits per heavy atom. The van der Waals surface area contributed by atoms with Crippen molar-refractivity contribution < 1.29 is 14.3 Å². The Morgan fingerprint density at radius 3 is 3.13 bits per heavy atom. The molecule has 0 aliphatic heterocycles. The number of hydrogen-bond donors (Lipinski definition) is 0. The Morgan fingerprint density at radius 2 is 2.47 bits per heavy atom. The van der Waals surface area contributed by atoms with Crippen LogP contribution in [0, 0.1) is 11.8 Å². The van der Waals surface area contributed by atoms with Crippen LogP contribution in [0.25, 0.3) is 0 Å². The fourth-order valence-electron chi connectivity index (χ4n) is 0.898. The van der Waals surface area contributed by atoms with E-state index in [4.69, 9.17) is 0 Å². The quantitative estimate of drug-likeness (QED) is 0.405. The van der Waals surface area contributed by atoms with Gasteiger partial charge in [-0.1, -0.05) is 5.92 Å². The molecule has 1 heterocycles. The van der Waals surface area contributed by atoms with Crippen LogP contribution in [0.15, 0.2) is 18.5 Å². The fourth-order valence-corrected chi connectivity index (χ4v) is 0.898. The third kappa shape index (κ3) is 3.24. The molecule has 0 N–H and O–H groups in total. The molecule has 0 spiro atoms. The first-order valence-corrected chi connectivity index (χ1v) is 4.36. The van der Waals surface area contributed by atoms with Gasteiger partial charge < -0.3 is 4.74 Å². The van der Waals surface area contributed by atoms with Crippen molar-refractivity contribution in [2.75, 3.05) is 6.61 Å². The Kier molecular flexibility index (Phi) is 4.05. The van der Waals surface area contributed by atoms with E-state index >= 15 is 0 Å². The van der Waals surface area contributed by atoms with Gasteiger partial charge in [-0.05, 0) is 13.0 Å². The van der Waals surface area contributed by atoms with Crippen LogP contribution < -0.4 is 0 Å². The molecule has 0 fully saturated rings. The Hall–Kier alpha value is -2.15. The van der Waals surface area contributed by atoms with Crippen LogP contribution in [-0.4, -0.2) is 23.8 Å². The zero-order valence-corrected chi connectivity index (χ0v) is 8.19. The van der Waals surface area contributed by atoms with E-state index in [1.54, 1.807) is 6.92 Å². The third-order valence-corrected chi connectivity index (χ3v) is 1.56. The molecule has 0 aliphatic rings. The first kappa shape index (κ1) is 10.9. The molecular formula is C11H9NO3. The highest BCUT2D eigenvalue weighted by Gasteiger charge is 1.98. The summed E-state index contributed by atoms with van der Waals surface area (Å²) in [6.45, 7) is 1.97. The highest BCUT2D eigenvalue weighted by Crippen LogP contribution is 2.01. The molecule has 76 valence electrons. The van der Waals surface area contributed by atoms with Gasteiger partial charge in [0.2, 0.25) is 0 Å². The lowest BCUT2D eigenvalue weighted by Crippen LogP contribution is -2.00. The van der Waals surface area contributed by atoms with E-state index in [-0.39, 0.29) is 6.61 Å². The van der Waals surface area contributed by atoms with E-state index in [0.717, 1.165) is 0 Å². The molecule has 0 amide bonds. The van der Waals surface area contributed by atoms with E-state index in [0.29, 0.717) is 17.4 Å². The monoisotopic (exact) mass is 203 g/mol. The number of ether oxygens (including phenoxy) is 1. The first-order chi connectivity index (χ1) is 7.27. The molecule has 0 saturated heterocycles. The Balaban J connectivity index is 2.88.